The number of benzene rings is 2. The van der Waals surface area contributed by atoms with Crippen LogP contribution >= 0.6 is 0 Å². The molecule has 4 rings (SSSR count). The Bertz CT molecular complexity index is 918. The zero-order valence-electron chi connectivity index (χ0n) is 13.8. The number of H-pyrrole nitrogens is 1. The fourth-order valence-electron chi connectivity index (χ4n) is 3.50. The van der Waals surface area contributed by atoms with Crippen LogP contribution in [0.4, 0.5) is 0 Å². The number of hydrogen-bond acceptors (Lipinski definition) is 3. The fraction of sp³-hybridized carbons (Fsp3) is 0.250. The third-order valence-corrected chi connectivity index (χ3v) is 4.86. The van der Waals surface area contributed by atoms with Crippen LogP contribution < -0.4 is 0 Å². The summed E-state index contributed by atoms with van der Waals surface area (Å²) in [5.41, 5.74) is 1.26. The summed E-state index contributed by atoms with van der Waals surface area (Å²) >= 11 is 0. The van der Waals surface area contributed by atoms with E-state index in [1.807, 2.05) is 42.5 Å². The number of amides is 1. The molecule has 5 nitrogen and oxygen atoms in total. The fourth-order valence-corrected chi connectivity index (χ4v) is 3.50. The lowest BCUT2D eigenvalue weighted by molar-refractivity contribution is 0.0637. The zero-order chi connectivity index (χ0) is 17.2. The molecule has 1 unspecified atom stereocenters. The molecule has 25 heavy (non-hydrogen) atoms. The summed E-state index contributed by atoms with van der Waals surface area (Å²) in [4.78, 5) is 27.2. The molecule has 3 aromatic rings. The summed E-state index contributed by atoms with van der Waals surface area (Å²) in [5.74, 6) is -0.0917. The monoisotopic (exact) mass is 333 g/mol. The molecule has 1 atom stereocenters. The van der Waals surface area contributed by atoms with Crippen molar-refractivity contribution in [2.45, 2.75) is 12.8 Å². The van der Waals surface area contributed by atoms with E-state index in [2.05, 4.69) is 10.2 Å². The first-order valence-electron chi connectivity index (χ1n) is 8.53. The number of rotatable bonds is 3. The summed E-state index contributed by atoms with van der Waals surface area (Å²) in [6.07, 6.45) is 4.78. The molecule has 1 fully saturated rings. The number of carbonyl (C=O) groups excluding carboxylic acids is 2. The van der Waals surface area contributed by atoms with Crippen molar-refractivity contribution >= 4 is 22.5 Å². The maximum absolute atomic E-state index is 12.9. The highest BCUT2D eigenvalue weighted by Crippen LogP contribution is 2.24. The van der Waals surface area contributed by atoms with Gasteiger partial charge < -0.3 is 4.90 Å². The second-order valence-corrected chi connectivity index (χ2v) is 6.50. The summed E-state index contributed by atoms with van der Waals surface area (Å²) < 4.78 is 0. The Kier molecular flexibility index (Phi) is 4.06. The van der Waals surface area contributed by atoms with Gasteiger partial charge in [-0.1, -0.05) is 36.4 Å². The Labute approximate surface area is 145 Å². The van der Waals surface area contributed by atoms with Gasteiger partial charge in [0.25, 0.3) is 5.91 Å². The van der Waals surface area contributed by atoms with Crippen molar-refractivity contribution in [3.63, 3.8) is 0 Å². The highest BCUT2D eigenvalue weighted by molar-refractivity contribution is 6.02. The van der Waals surface area contributed by atoms with Crippen molar-refractivity contribution in [3.05, 3.63) is 66.0 Å². The molecule has 126 valence electrons. The van der Waals surface area contributed by atoms with E-state index < -0.39 is 0 Å². The van der Waals surface area contributed by atoms with Gasteiger partial charge in [0.05, 0.1) is 11.8 Å². The van der Waals surface area contributed by atoms with Gasteiger partial charge in [0.1, 0.15) is 0 Å². The second-order valence-electron chi connectivity index (χ2n) is 6.50. The van der Waals surface area contributed by atoms with Crippen molar-refractivity contribution in [1.82, 2.24) is 15.1 Å². The van der Waals surface area contributed by atoms with E-state index in [4.69, 9.17) is 0 Å². The van der Waals surface area contributed by atoms with E-state index in [1.54, 1.807) is 11.1 Å². The molecule has 0 aliphatic carbocycles. The number of piperidine rings is 1. The molecule has 1 aliphatic heterocycles. The SMILES string of the molecule is O=C(c1ccc2ccccc2c1)C1CCCN(C(=O)c2cn[nH]c2)C1. The number of nitrogens with zero attached hydrogens (tertiary/aromatic N) is 2. The number of hydrogen-bond donors (Lipinski definition) is 1. The number of aromatic nitrogens is 2. The predicted molar refractivity (Wildman–Crippen MR) is 95.5 cm³/mol. The Morgan fingerprint density at radius 3 is 2.72 bits per heavy atom. The van der Waals surface area contributed by atoms with E-state index >= 15 is 0 Å². The average molecular weight is 333 g/mol. The van der Waals surface area contributed by atoms with Crippen LogP contribution in [0.3, 0.4) is 0 Å². The minimum absolute atomic E-state index is 0.0650. The zero-order valence-corrected chi connectivity index (χ0v) is 13.8. The lowest BCUT2D eigenvalue weighted by atomic mass is 9.89. The molecule has 1 N–H and O–H groups in total. The summed E-state index contributed by atoms with van der Waals surface area (Å²) in [5, 5.41) is 8.68. The molecule has 1 amide bonds. The third kappa shape index (κ3) is 3.05. The highest BCUT2D eigenvalue weighted by atomic mass is 16.2. The third-order valence-electron chi connectivity index (χ3n) is 4.86. The molecule has 1 aliphatic rings. The predicted octanol–water partition coefficient (Wildman–Crippen LogP) is 3.30. The van der Waals surface area contributed by atoms with Crippen LogP contribution in [0.25, 0.3) is 10.8 Å². The molecule has 2 heterocycles. The van der Waals surface area contributed by atoms with Crippen LogP contribution in [0.2, 0.25) is 0 Å². The van der Waals surface area contributed by atoms with Gasteiger partial charge in [-0.15, -0.1) is 0 Å². The summed E-state index contributed by atoms with van der Waals surface area (Å²) in [7, 11) is 0. The molecule has 1 aromatic heterocycles. The van der Waals surface area contributed by atoms with Crippen LogP contribution in [0.5, 0.6) is 0 Å². The van der Waals surface area contributed by atoms with E-state index in [1.165, 1.54) is 6.20 Å². The average Bonchev–Trinajstić information content (AvgIpc) is 3.21. The molecular formula is C20H19N3O2. The van der Waals surface area contributed by atoms with Crippen LogP contribution in [-0.2, 0) is 0 Å². The standard InChI is InChI=1S/C20H19N3O2/c24-19(16-8-7-14-4-1-2-5-15(14)10-16)17-6-3-9-23(13-17)20(25)18-11-21-22-12-18/h1-2,4-5,7-8,10-12,17H,3,6,9,13H2,(H,21,22). The first-order valence-corrected chi connectivity index (χ1v) is 8.53. The van der Waals surface area contributed by atoms with Gasteiger partial charge in [0.15, 0.2) is 5.78 Å². The molecule has 0 spiro atoms. The van der Waals surface area contributed by atoms with Crippen molar-refractivity contribution in [1.29, 1.82) is 0 Å². The molecular weight excluding hydrogens is 314 g/mol. The maximum atomic E-state index is 12.9. The number of ketones is 1. The van der Waals surface area contributed by atoms with Crippen LogP contribution in [0, 0.1) is 5.92 Å². The van der Waals surface area contributed by atoms with Crippen molar-refractivity contribution in [2.75, 3.05) is 13.1 Å². The number of Topliss-reactive ketones (excluding diaryl/α,β-unsaturated/α-hetero) is 1. The normalized spacial score (nSPS) is 17.6. The number of aromatic amines is 1. The Morgan fingerprint density at radius 2 is 1.92 bits per heavy atom. The lowest BCUT2D eigenvalue weighted by Gasteiger charge is -2.31. The minimum atomic E-state index is -0.147. The van der Waals surface area contributed by atoms with Gasteiger partial charge in [-0.25, -0.2) is 0 Å². The van der Waals surface area contributed by atoms with Crippen molar-refractivity contribution in [2.24, 2.45) is 5.92 Å². The summed E-state index contributed by atoms with van der Waals surface area (Å²) in [6.45, 7) is 1.15. The number of likely N-dealkylation sites (tertiary alicyclic amines) is 1. The molecule has 2 aromatic carbocycles. The van der Waals surface area contributed by atoms with Crippen LogP contribution in [0.15, 0.2) is 54.9 Å². The van der Waals surface area contributed by atoms with Gasteiger partial charge in [-0.05, 0) is 29.7 Å². The minimum Gasteiger partial charge on any atom is -0.338 e. The van der Waals surface area contributed by atoms with Crippen LogP contribution in [-0.4, -0.2) is 39.9 Å². The van der Waals surface area contributed by atoms with Gasteiger partial charge in [-0.2, -0.15) is 5.10 Å². The Morgan fingerprint density at radius 1 is 1.08 bits per heavy atom. The van der Waals surface area contributed by atoms with Gasteiger partial charge >= 0.3 is 0 Å². The Hall–Kier alpha value is -2.95. The first kappa shape index (κ1) is 15.6. The largest absolute Gasteiger partial charge is 0.338 e. The molecule has 1 saturated heterocycles. The van der Waals surface area contributed by atoms with Gasteiger partial charge in [-0.3, -0.25) is 14.7 Å². The smallest absolute Gasteiger partial charge is 0.257 e. The first-order chi connectivity index (χ1) is 12.2. The molecule has 0 bridgehead atoms. The topological polar surface area (TPSA) is 66.1 Å². The van der Waals surface area contributed by atoms with Gasteiger partial charge in [0, 0.05) is 30.8 Å². The van der Waals surface area contributed by atoms with E-state index in [0.29, 0.717) is 18.7 Å². The maximum Gasteiger partial charge on any atom is 0.257 e. The van der Waals surface area contributed by atoms with E-state index in [-0.39, 0.29) is 17.6 Å². The highest BCUT2D eigenvalue weighted by Gasteiger charge is 2.29. The number of nitrogens with one attached hydrogen (secondary N) is 1. The lowest BCUT2D eigenvalue weighted by Crippen LogP contribution is -2.42. The van der Waals surface area contributed by atoms with Crippen molar-refractivity contribution < 1.29 is 9.59 Å². The Balaban J connectivity index is 1.53. The van der Waals surface area contributed by atoms with E-state index in [0.717, 1.165) is 29.2 Å². The second kappa shape index (κ2) is 6.51. The molecule has 0 radical (unpaired) electrons. The van der Waals surface area contributed by atoms with E-state index in [9.17, 15) is 9.59 Å². The summed E-state index contributed by atoms with van der Waals surface area (Å²) in [6, 6.07) is 13.8. The molecule has 0 saturated carbocycles. The number of fused-ring (bicyclic) bond motifs is 1. The van der Waals surface area contributed by atoms with Gasteiger partial charge in [0.2, 0.25) is 0 Å². The van der Waals surface area contributed by atoms with Crippen molar-refractivity contribution in [3.8, 4) is 0 Å². The molecule has 5 heteroatoms. The van der Waals surface area contributed by atoms with Crippen LogP contribution in [0.1, 0.15) is 33.6 Å². The number of carbonyl (C=O) groups is 2. The quantitative estimate of drug-likeness (QED) is 0.748.